The largest absolute Gasteiger partial charge is 0.466 e. The highest BCUT2D eigenvalue weighted by Gasteiger charge is 2.17. The number of aryl methyl sites for hydroxylation is 1. The van der Waals surface area contributed by atoms with Crippen molar-refractivity contribution in [1.82, 2.24) is 10.2 Å². The van der Waals surface area contributed by atoms with E-state index in [-0.39, 0.29) is 35.7 Å². The molecule has 0 saturated heterocycles. The maximum absolute atomic E-state index is 13.1. The van der Waals surface area contributed by atoms with E-state index in [0.717, 1.165) is 18.4 Å². The number of hydrogen-bond acceptors (Lipinski definition) is 5. The van der Waals surface area contributed by atoms with E-state index in [2.05, 4.69) is 10.6 Å². The summed E-state index contributed by atoms with van der Waals surface area (Å²) in [4.78, 5) is 38.9. The molecule has 0 saturated carbocycles. The fraction of sp³-hybridized carbons (Fsp3) is 0.267. The van der Waals surface area contributed by atoms with Crippen LogP contribution in [0.1, 0.15) is 47.2 Å². The molecule has 198 valence electrons. The molecule has 0 bridgehead atoms. The van der Waals surface area contributed by atoms with E-state index in [1.807, 2.05) is 60.7 Å². The monoisotopic (exact) mass is 531 g/mol. The second kappa shape index (κ2) is 15.3. The molecule has 0 aliphatic rings. The molecule has 0 spiro atoms. The lowest BCUT2D eigenvalue weighted by atomic mass is 10.1. The molecule has 8 heteroatoms. The van der Waals surface area contributed by atoms with Crippen LogP contribution >= 0.6 is 12.2 Å². The van der Waals surface area contributed by atoms with Crippen LogP contribution in [0.5, 0.6) is 0 Å². The van der Waals surface area contributed by atoms with E-state index in [1.54, 1.807) is 36.2 Å². The second-order valence-corrected chi connectivity index (χ2v) is 9.27. The molecule has 3 aromatic rings. The van der Waals surface area contributed by atoms with Crippen molar-refractivity contribution >= 4 is 40.8 Å². The topological polar surface area (TPSA) is 87.7 Å². The molecule has 0 aliphatic carbocycles. The average Bonchev–Trinajstić information content (AvgIpc) is 2.92. The van der Waals surface area contributed by atoms with Gasteiger partial charge in [0.25, 0.3) is 5.91 Å². The normalized spacial score (nSPS) is 10.3. The van der Waals surface area contributed by atoms with Crippen LogP contribution in [0, 0.1) is 0 Å². The van der Waals surface area contributed by atoms with E-state index in [9.17, 15) is 14.4 Å². The number of benzene rings is 3. The number of nitrogens with one attached hydrogen (secondary N) is 2. The molecule has 2 amide bonds. The standard InChI is InChI=1S/C30H33N3O4S/c1-33(22-24-14-6-3-7-15-24)29(36)25-17-8-9-18-26(25)31-30(38)32-27(34)19-10-20-28(35)37-21-11-16-23-12-4-2-5-13-23/h2-9,12-15,17-18H,10-11,16,19-22H2,1H3,(H2,31,32,34,38). The van der Waals surface area contributed by atoms with E-state index < -0.39 is 0 Å². The van der Waals surface area contributed by atoms with E-state index in [1.165, 1.54) is 5.56 Å². The minimum absolute atomic E-state index is 0.0875. The Morgan fingerprint density at radius 3 is 2.16 bits per heavy atom. The Balaban J connectivity index is 1.38. The summed E-state index contributed by atoms with van der Waals surface area (Å²) in [5, 5.41) is 5.65. The van der Waals surface area contributed by atoms with Gasteiger partial charge in [-0.05, 0) is 54.7 Å². The number of ether oxygens (including phenoxy) is 1. The van der Waals surface area contributed by atoms with Crippen molar-refractivity contribution in [3.8, 4) is 0 Å². The Morgan fingerprint density at radius 2 is 1.45 bits per heavy atom. The Hall–Kier alpha value is -4.04. The molecule has 0 radical (unpaired) electrons. The average molecular weight is 532 g/mol. The maximum Gasteiger partial charge on any atom is 0.305 e. The second-order valence-electron chi connectivity index (χ2n) is 8.86. The number of carbonyl (C=O) groups excluding carboxylic acids is 3. The Bertz CT molecular complexity index is 1220. The quantitative estimate of drug-likeness (QED) is 0.192. The molecule has 7 nitrogen and oxygen atoms in total. The van der Waals surface area contributed by atoms with Gasteiger partial charge in [-0.25, -0.2) is 0 Å². The van der Waals surface area contributed by atoms with Gasteiger partial charge in [0.1, 0.15) is 0 Å². The zero-order valence-corrected chi connectivity index (χ0v) is 22.3. The van der Waals surface area contributed by atoms with Crippen LogP contribution < -0.4 is 10.6 Å². The molecule has 0 aromatic heterocycles. The van der Waals surface area contributed by atoms with Gasteiger partial charge in [0.2, 0.25) is 5.91 Å². The molecule has 0 atom stereocenters. The highest BCUT2D eigenvalue weighted by Crippen LogP contribution is 2.18. The number of esters is 1. The van der Waals surface area contributed by atoms with E-state index in [4.69, 9.17) is 17.0 Å². The molecule has 2 N–H and O–H groups in total. The van der Waals surface area contributed by atoms with Gasteiger partial charge in [0.15, 0.2) is 5.11 Å². The molecular weight excluding hydrogens is 498 g/mol. The summed E-state index contributed by atoms with van der Waals surface area (Å²) in [5.41, 5.74) is 3.17. The van der Waals surface area contributed by atoms with Crippen LogP contribution in [-0.4, -0.2) is 41.5 Å². The zero-order valence-electron chi connectivity index (χ0n) is 21.5. The highest BCUT2D eigenvalue weighted by molar-refractivity contribution is 7.80. The Kier molecular flexibility index (Phi) is 11.5. The number of hydrogen-bond donors (Lipinski definition) is 2. The van der Waals surface area contributed by atoms with Crippen molar-refractivity contribution in [2.45, 2.75) is 38.6 Å². The van der Waals surface area contributed by atoms with Crippen LogP contribution in [0.25, 0.3) is 0 Å². The lowest BCUT2D eigenvalue weighted by Gasteiger charge is -2.20. The van der Waals surface area contributed by atoms with Gasteiger partial charge in [0, 0.05) is 26.4 Å². The first-order chi connectivity index (χ1) is 18.4. The smallest absolute Gasteiger partial charge is 0.305 e. The van der Waals surface area contributed by atoms with Crippen molar-refractivity contribution < 1.29 is 19.1 Å². The van der Waals surface area contributed by atoms with Crippen molar-refractivity contribution in [2.75, 3.05) is 19.0 Å². The van der Waals surface area contributed by atoms with Crippen LogP contribution in [0.15, 0.2) is 84.9 Å². The van der Waals surface area contributed by atoms with Gasteiger partial charge in [-0.15, -0.1) is 0 Å². The van der Waals surface area contributed by atoms with Crippen LogP contribution in [0.3, 0.4) is 0 Å². The first-order valence-corrected chi connectivity index (χ1v) is 13.0. The Morgan fingerprint density at radius 1 is 0.816 bits per heavy atom. The fourth-order valence-electron chi connectivity index (χ4n) is 3.83. The molecule has 38 heavy (non-hydrogen) atoms. The maximum atomic E-state index is 13.1. The third kappa shape index (κ3) is 9.78. The molecule has 0 aliphatic heterocycles. The number of nitrogens with zero attached hydrogens (tertiary/aromatic N) is 1. The van der Waals surface area contributed by atoms with E-state index in [0.29, 0.717) is 30.8 Å². The van der Waals surface area contributed by atoms with Gasteiger partial charge in [-0.2, -0.15) is 0 Å². The summed E-state index contributed by atoms with van der Waals surface area (Å²) in [6.45, 7) is 0.817. The molecule has 0 unspecified atom stereocenters. The van der Waals surface area contributed by atoms with Gasteiger partial charge < -0.3 is 20.3 Å². The minimum atomic E-state index is -0.321. The van der Waals surface area contributed by atoms with Gasteiger partial charge in [0.05, 0.1) is 17.9 Å². The van der Waals surface area contributed by atoms with E-state index >= 15 is 0 Å². The molecule has 0 heterocycles. The fourth-order valence-corrected chi connectivity index (χ4v) is 4.05. The SMILES string of the molecule is CN(Cc1ccccc1)C(=O)c1ccccc1NC(=S)NC(=O)CCCC(=O)OCCCc1ccccc1. The summed E-state index contributed by atoms with van der Waals surface area (Å²) in [5.74, 6) is -0.809. The van der Waals surface area contributed by atoms with Crippen LogP contribution in [0.4, 0.5) is 5.69 Å². The first-order valence-electron chi connectivity index (χ1n) is 12.6. The van der Waals surface area contributed by atoms with Gasteiger partial charge in [-0.3, -0.25) is 14.4 Å². The van der Waals surface area contributed by atoms with Crippen LogP contribution in [0.2, 0.25) is 0 Å². The predicted molar refractivity (Wildman–Crippen MR) is 153 cm³/mol. The number of rotatable bonds is 12. The Labute approximate surface area is 229 Å². The van der Waals surface area contributed by atoms with Gasteiger partial charge in [-0.1, -0.05) is 72.8 Å². The molecule has 3 rings (SSSR count). The number of para-hydroxylation sites is 1. The summed E-state index contributed by atoms with van der Waals surface area (Å²) in [7, 11) is 1.74. The highest BCUT2D eigenvalue weighted by atomic mass is 32.1. The zero-order chi connectivity index (χ0) is 27.2. The number of anilines is 1. The first kappa shape index (κ1) is 28.5. The summed E-state index contributed by atoms with van der Waals surface area (Å²) in [6.07, 6.45) is 2.23. The van der Waals surface area contributed by atoms with Crippen molar-refractivity contribution in [3.05, 3.63) is 102 Å². The lowest BCUT2D eigenvalue weighted by Crippen LogP contribution is -2.35. The number of carbonyl (C=O) groups is 3. The van der Waals surface area contributed by atoms with Gasteiger partial charge >= 0.3 is 5.97 Å². The summed E-state index contributed by atoms with van der Waals surface area (Å²) >= 11 is 5.28. The number of amides is 2. The van der Waals surface area contributed by atoms with Crippen molar-refractivity contribution in [2.24, 2.45) is 0 Å². The van der Waals surface area contributed by atoms with Crippen LogP contribution in [-0.2, 0) is 27.3 Å². The third-order valence-corrected chi connectivity index (χ3v) is 5.97. The predicted octanol–water partition coefficient (Wildman–Crippen LogP) is 5.12. The molecular formula is C30H33N3O4S. The summed E-state index contributed by atoms with van der Waals surface area (Å²) < 4.78 is 5.25. The number of thiocarbonyl (C=S) groups is 1. The molecule has 0 fully saturated rings. The minimum Gasteiger partial charge on any atom is -0.466 e. The summed E-state index contributed by atoms with van der Waals surface area (Å²) in [6, 6.07) is 26.7. The van der Waals surface area contributed by atoms with Crippen molar-refractivity contribution in [3.63, 3.8) is 0 Å². The lowest BCUT2D eigenvalue weighted by molar-refractivity contribution is -0.143. The third-order valence-electron chi connectivity index (χ3n) is 5.77. The van der Waals surface area contributed by atoms with Crippen molar-refractivity contribution in [1.29, 1.82) is 0 Å². The molecule has 3 aromatic carbocycles.